The van der Waals surface area contributed by atoms with Gasteiger partial charge in [0.05, 0.1) is 0 Å². The van der Waals surface area contributed by atoms with Gasteiger partial charge in [-0.15, -0.1) is 0 Å². The maximum Gasteiger partial charge on any atom is 0.0443 e. The summed E-state index contributed by atoms with van der Waals surface area (Å²) in [7, 11) is 0. The molecule has 22 heavy (non-hydrogen) atoms. The molecule has 0 heterocycles. The van der Waals surface area contributed by atoms with Crippen LogP contribution in [0.1, 0.15) is 56.9 Å². The fourth-order valence-corrected chi connectivity index (χ4v) is 2.37. The highest BCUT2D eigenvalue weighted by molar-refractivity contribution is 5.67. The van der Waals surface area contributed by atoms with Gasteiger partial charge in [-0.2, -0.15) is 0 Å². The second-order valence-electron chi connectivity index (χ2n) is 6.73. The third-order valence-electron chi connectivity index (χ3n) is 3.72. The predicted octanol–water partition coefficient (Wildman–Crippen LogP) is 6.68. The number of rotatable bonds is 2. The van der Waals surface area contributed by atoms with Gasteiger partial charge in [-0.3, -0.25) is 0 Å². The van der Waals surface area contributed by atoms with Gasteiger partial charge in [-0.25, -0.2) is 0 Å². The van der Waals surface area contributed by atoms with Crippen LogP contribution in [0.4, 0.5) is 11.4 Å². The van der Waals surface area contributed by atoms with E-state index < -0.39 is 0 Å². The van der Waals surface area contributed by atoms with E-state index in [-0.39, 0.29) is 5.41 Å². The minimum atomic E-state index is 0.192. The van der Waals surface area contributed by atoms with Crippen LogP contribution < -0.4 is 5.32 Å². The SMILES string of the molecule is CC.Cc1ccc(Nc2c(C)cc(C(C)(C)C)cc2C)cc1. The van der Waals surface area contributed by atoms with Crippen molar-refractivity contribution in [2.45, 2.75) is 60.8 Å². The van der Waals surface area contributed by atoms with Crippen molar-refractivity contribution in [3.63, 3.8) is 0 Å². The first kappa shape index (κ1) is 18.3. The molecule has 0 fully saturated rings. The van der Waals surface area contributed by atoms with Gasteiger partial charge in [-0.1, -0.05) is 64.4 Å². The summed E-state index contributed by atoms with van der Waals surface area (Å²) in [5.74, 6) is 0. The molecule has 0 radical (unpaired) electrons. The number of nitrogens with one attached hydrogen (secondary N) is 1. The summed E-state index contributed by atoms with van der Waals surface area (Å²) in [6, 6.07) is 13.1. The molecular weight excluding hydrogens is 266 g/mol. The monoisotopic (exact) mass is 297 g/mol. The van der Waals surface area contributed by atoms with Crippen LogP contribution in [-0.4, -0.2) is 0 Å². The molecule has 0 amide bonds. The van der Waals surface area contributed by atoms with Gasteiger partial charge in [-0.05, 0) is 55.0 Å². The largest absolute Gasteiger partial charge is 0.355 e. The Labute approximate surface area is 136 Å². The Balaban J connectivity index is 0.00000116. The second-order valence-corrected chi connectivity index (χ2v) is 6.73. The van der Waals surface area contributed by atoms with Crippen LogP contribution in [-0.2, 0) is 5.41 Å². The lowest BCUT2D eigenvalue weighted by Crippen LogP contribution is -2.12. The van der Waals surface area contributed by atoms with Crippen molar-refractivity contribution in [3.05, 3.63) is 58.7 Å². The fraction of sp³-hybridized carbons (Fsp3) is 0.429. The normalized spacial score (nSPS) is 10.7. The van der Waals surface area contributed by atoms with E-state index in [0.717, 1.165) is 5.69 Å². The van der Waals surface area contributed by atoms with Gasteiger partial charge in [0.1, 0.15) is 0 Å². The van der Waals surface area contributed by atoms with Crippen molar-refractivity contribution in [1.29, 1.82) is 0 Å². The average molecular weight is 297 g/mol. The Hall–Kier alpha value is -1.76. The maximum absolute atomic E-state index is 3.55. The van der Waals surface area contributed by atoms with E-state index >= 15 is 0 Å². The molecule has 120 valence electrons. The van der Waals surface area contributed by atoms with E-state index in [1.807, 2.05) is 13.8 Å². The predicted molar refractivity (Wildman–Crippen MR) is 100 cm³/mol. The van der Waals surface area contributed by atoms with Crippen LogP contribution in [0.25, 0.3) is 0 Å². The molecule has 2 rings (SSSR count). The molecule has 2 aromatic carbocycles. The van der Waals surface area contributed by atoms with E-state index in [1.165, 1.54) is 27.9 Å². The number of hydrogen-bond donors (Lipinski definition) is 1. The summed E-state index contributed by atoms with van der Waals surface area (Å²) < 4.78 is 0. The summed E-state index contributed by atoms with van der Waals surface area (Å²) in [6.45, 7) is 17.2. The third-order valence-corrected chi connectivity index (χ3v) is 3.72. The topological polar surface area (TPSA) is 12.0 Å². The molecule has 1 heteroatoms. The minimum Gasteiger partial charge on any atom is -0.355 e. The lowest BCUT2D eigenvalue weighted by atomic mass is 9.85. The van der Waals surface area contributed by atoms with Crippen molar-refractivity contribution in [2.24, 2.45) is 0 Å². The average Bonchev–Trinajstić information content (AvgIpc) is 2.46. The Morgan fingerprint density at radius 1 is 0.773 bits per heavy atom. The molecule has 2 aromatic rings. The van der Waals surface area contributed by atoms with Gasteiger partial charge in [0.25, 0.3) is 0 Å². The Morgan fingerprint density at radius 2 is 1.23 bits per heavy atom. The summed E-state index contributed by atoms with van der Waals surface area (Å²) in [5.41, 5.74) is 7.84. The highest BCUT2D eigenvalue weighted by Gasteiger charge is 2.16. The molecule has 0 aliphatic heterocycles. The number of benzene rings is 2. The Bertz CT molecular complexity index is 578. The molecule has 0 aliphatic carbocycles. The molecule has 0 unspecified atom stereocenters. The standard InChI is InChI=1S/C19H25N.C2H6/c1-13-7-9-17(10-8-13)20-18-14(2)11-16(12-15(18)3)19(4,5)6;1-2/h7-12,20H,1-6H3;1-2H3. The van der Waals surface area contributed by atoms with Gasteiger partial charge in [0.2, 0.25) is 0 Å². The van der Waals surface area contributed by atoms with Crippen LogP contribution in [0.2, 0.25) is 0 Å². The van der Waals surface area contributed by atoms with Crippen LogP contribution >= 0.6 is 0 Å². The zero-order chi connectivity index (χ0) is 16.9. The molecular formula is C21H31N. The minimum absolute atomic E-state index is 0.192. The lowest BCUT2D eigenvalue weighted by Gasteiger charge is -2.23. The smallest absolute Gasteiger partial charge is 0.0443 e. The number of aryl methyl sites for hydroxylation is 3. The molecule has 0 saturated carbocycles. The van der Waals surface area contributed by atoms with E-state index in [9.17, 15) is 0 Å². The molecule has 0 aliphatic rings. The highest BCUT2D eigenvalue weighted by atomic mass is 14.9. The van der Waals surface area contributed by atoms with Crippen molar-refractivity contribution >= 4 is 11.4 Å². The Kier molecular flexibility index (Phi) is 6.22. The zero-order valence-electron chi connectivity index (χ0n) is 15.5. The van der Waals surface area contributed by atoms with Gasteiger partial charge < -0.3 is 5.32 Å². The quantitative estimate of drug-likeness (QED) is 0.652. The van der Waals surface area contributed by atoms with Crippen molar-refractivity contribution in [3.8, 4) is 0 Å². The van der Waals surface area contributed by atoms with Gasteiger partial charge in [0, 0.05) is 11.4 Å². The molecule has 0 bridgehead atoms. The van der Waals surface area contributed by atoms with E-state index in [4.69, 9.17) is 0 Å². The molecule has 0 spiro atoms. The Morgan fingerprint density at radius 3 is 1.64 bits per heavy atom. The van der Waals surface area contributed by atoms with Crippen molar-refractivity contribution < 1.29 is 0 Å². The first-order chi connectivity index (χ1) is 10.3. The van der Waals surface area contributed by atoms with Gasteiger partial charge >= 0.3 is 0 Å². The summed E-state index contributed by atoms with van der Waals surface area (Å²) in [6.07, 6.45) is 0. The summed E-state index contributed by atoms with van der Waals surface area (Å²) in [4.78, 5) is 0. The van der Waals surface area contributed by atoms with Crippen LogP contribution in [0.15, 0.2) is 36.4 Å². The first-order valence-electron chi connectivity index (χ1n) is 8.23. The summed E-state index contributed by atoms with van der Waals surface area (Å²) in [5, 5.41) is 3.55. The fourth-order valence-electron chi connectivity index (χ4n) is 2.37. The number of hydrogen-bond acceptors (Lipinski definition) is 1. The molecule has 1 nitrogen and oxygen atoms in total. The van der Waals surface area contributed by atoms with E-state index in [2.05, 4.69) is 83.3 Å². The highest BCUT2D eigenvalue weighted by Crippen LogP contribution is 2.31. The first-order valence-corrected chi connectivity index (χ1v) is 8.23. The summed E-state index contributed by atoms with van der Waals surface area (Å²) >= 11 is 0. The second kappa shape index (κ2) is 7.49. The van der Waals surface area contributed by atoms with Crippen molar-refractivity contribution in [1.82, 2.24) is 0 Å². The van der Waals surface area contributed by atoms with E-state index in [0.29, 0.717) is 0 Å². The maximum atomic E-state index is 3.55. The molecule has 0 atom stereocenters. The van der Waals surface area contributed by atoms with Crippen molar-refractivity contribution in [2.75, 3.05) is 5.32 Å². The van der Waals surface area contributed by atoms with Crippen LogP contribution in [0.3, 0.4) is 0 Å². The van der Waals surface area contributed by atoms with Crippen LogP contribution in [0, 0.1) is 20.8 Å². The van der Waals surface area contributed by atoms with E-state index in [1.54, 1.807) is 0 Å². The van der Waals surface area contributed by atoms with Gasteiger partial charge in [0.15, 0.2) is 0 Å². The lowest BCUT2D eigenvalue weighted by molar-refractivity contribution is 0.589. The number of anilines is 2. The molecule has 1 N–H and O–H groups in total. The third kappa shape index (κ3) is 4.62. The molecule has 0 aromatic heterocycles. The molecule has 0 saturated heterocycles. The zero-order valence-corrected chi connectivity index (χ0v) is 15.5. The van der Waals surface area contributed by atoms with Crippen LogP contribution in [0.5, 0.6) is 0 Å².